The Kier molecular flexibility index (Phi) is 4.69. The summed E-state index contributed by atoms with van der Waals surface area (Å²) < 4.78 is 18.8. The van der Waals surface area contributed by atoms with Crippen LogP contribution in [0.15, 0.2) is 22.7 Å². The number of hydrogen-bond donors (Lipinski definition) is 1. The molecule has 1 saturated heterocycles. The van der Waals surface area contributed by atoms with Crippen LogP contribution in [-0.2, 0) is 0 Å². The number of benzene rings is 1. The van der Waals surface area contributed by atoms with Crippen LogP contribution < -0.4 is 5.32 Å². The van der Waals surface area contributed by atoms with E-state index in [0.717, 1.165) is 17.9 Å². The third-order valence-corrected chi connectivity index (χ3v) is 5.02. The van der Waals surface area contributed by atoms with Crippen molar-refractivity contribution in [1.82, 2.24) is 15.5 Å². The number of halogens is 2. The zero-order valence-corrected chi connectivity index (χ0v) is 13.9. The number of rotatable bonds is 2. The summed E-state index contributed by atoms with van der Waals surface area (Å²) >= 11 is 0. The fourth-order valence-corrected chi connectivity index (χ4v) is 3.79. The first kappa shape index (κ1) is 16.4. The summed E-state index contributed by atoms with van der Waals surface area (Å²) in [4.78, 5) is 4.53. The van der Waals surface area contributed by atoms with E-state index in [1.165, 1.54) is 31.7 Å². The Labute approximate surface area is 141 Å². The van der Waals surface area contributed by atoms with Crippen LogP contribution in [0.4, 0.5) is 4.39 Å². The smallest absolute Gasteiger partial charge is 0.244 e. The molecule has 2 fully saturated rings. The van der Waals surface area contributed by atoms with E-state index >= 15 is 0 Å². The predicted octanol–water partition coefficient (Wildman–Crippen LogP) is 4.20. The number of hydrogen-bond acceptors (Lipinski definition) is 4. The van der Waals surface area contributed by atoms with E-state index in [-0.39, 0.29) is 24.3 Å². The molecule has 4 nitrogen and oxygen atoms in total. The summed E-state index contributed by atoms with van der Waals surface area (Å²) in [6, 6.07) is 5.66. The molecule has 1 aliphatic heterocycles. The van der Waals surface area contributed by atoms with Crippen LogP contribution in [0.1, 0.15) is 49.6 Å². The van der Waals surface area contributed by atoms with Gasteiger partial charge in [0, 0.05) is 11.6 Å². The van der Waals surface area contributed by atoms with Crippen molar-refractivity contribution in [1.29, 1.82) is 0 Å². The molecule has 3 atom stereocenters. The van der Waals surface area contributed by atoms with Gasteiger partial charge in [-0.05, 0) is 55.9 Å². The van der Waals surface area contributed by atoms with Crippen LogP contribution in [0.5, 0.6) is 0 Å². The van der Waals surface area contributed by atoms with Crippen molar-refractivity contribution in [2.24, 2.45) is 5.92 Å². The summed E-state index contributed by atoms with van der Waals surface area (Å²) in [5.74, 6) is 1.72. The van der Waals surface area contributed by atoms with E-state index in [0.29, 0.717) is 23.3 Å². The molecule has 0 bridgehead atoms. The molecule has 4 rings (SSSR count). The lowest BCUT2D eigenvalue weighted by Gasteiger charge is -2.24. The van der Waals surface area contributed by atoms with Gasteiger partial charge in [-0.2, -0.15) is 4.98 Å². The van der Waals surface area contributed by atoms with E-state index in [2.05, 4.69) is 15.5 Å². The van der Waals surface area contributed by atoms with Crippen molar-refractivity contribution in [3.8, 4) is 11.4 Å². The normalized spacial score (nSPS) is 26.6. The fourth-order valence-electron chi connectivity index (χ4n) is 3.79. The van der Waals surface area contributed by atoms with Crippen LogP contribution in [0.25, 0.3) is 11.4 Å². The molecule has 2 aromatic rings. The average molecular weight is 338 g/mol. The molecule has 6 heteroatoms. The number of aromatic nitrogens is 2. The fraction of sp³-hybridized carbons (Fsp3) is 0.529. The Hall–Kier alpha value is -1.46. The van der Waals surface area contributed by atoms with E-state index in [1.807, 2.05) is 0 Å². The maximum atomic E-state index is 13.4. The molecule has 124 valence electrons. The SMILES string of the molecule is Cc1cc(-c2noc(C3CC4CCCCC4N3)n2)ccc1F.Cl. The summed E-state index contributed by atoms with van der Waals surface area (Å²) in [7, 11) is 0. The maximum absolute atomic E-state index is 13.4. The molecule has 2 aliphatic rings. The van der Waals surface area contributed by atoms with Gasteiger partial charge in [0.05, 0.1) is 6.04 Å². The molecular formula is C17H21ClFN3O. The van der Waals surface area contributed by atoms with E-state index < -0.39 is 0 Å². The minimum absolute atomic E-state index is 0. The largest absolute Gasteiger partial charge is 0.337 e. The minimum Gasteiger partial charge on any atom is -0.337 e. The second-order valence-electron chi connectivity index (χ2n) is 6.53. The maximum Gasteiger partial charge on any atom is 0.244 e. The number of nitrogens with one attached hydrogen (secondary N) is 1. The Morgan fingerprint density at radius 1 is 1.26 bits per heavy atom. The van der Waals surface area contributed by atoms with E-state index in [4.69, 9.17) is 4.52 Å². The molecule has 0 radical (unpaired) electrons. The van der Waals surface area contributed by atoms with Gasteiger partial charge in [-0.1, -0.05) is 18.0 Å². The van der Waals surface area contributed by atoms with Crippen LogP contribution in [-0.4, -0.2) is 16.2 Å². The molecule has 1 aliphatic carbocycles. The van der Waals surface area contributed by atoms with Crippen LogP contribution in [0.2, 0.25) is 0 Å². The van der Waals surface area contributed by atoms with Gasteiger partial charge in [0.1, 0.15) is 5.82 Å². The minimum atomic E-state index is -0.214. The Morgan fingerprint density at radius 3 is 2.87 bits per heavy atom. The van der Waals surface area contributed by atoms with Gasteiger partial charge in [-0.3, -0.25) is 0 Å². The monoisotopic (exact) mass is 337 g/mol. The highest BCUT2D eigenvalue weighted by molar-refractivity contribution is 5.85. The average Bonchev–Trinajstić information content (AvgIpc) is 3.15. The Balaban J connectivity index is 0.00000156. The third-order valence-electron chi connectivity index (χ3n) is 5.02. The zero-order valence-electron chi connectivity index (χ0n) is 13.1. The van der Waals surface area contributed by atoms with E-state index in [1.54, 1.807) is 19.1 Å². The van der Waals surface area contributed by atoms with Crippen LogP contribution >= 0.6 is 12.4 Å². The Morgan fingerprint density at radius 2 is 2.09 bits per heavy atom. The van der Waals surface area contributed by atoms with Gasteiger partial charge in [-0.15, -0.1) is 12.4 Å². The highest BCUT2D eigenvalue weighted by atomic mass is 35.5. The second-order valence-corrected chi connectivity index (χ2v) is 6.53. The van der Waals surface area contributed by atoms with Gasteiger partial charge in [-0.25, -0.2) is 4.39 Å². The lowest BCUT2D eigenvalue weighted by molar-refractivity contribution is 0.324. The first-order valence-corrected chi connectivity index (χ1v) is 8.07. The van der Waals surface area contributed by atoms with Gasteiger partial charge in [0.2, 0.25) is 11.7 Å². The highest BCUT2D eigenvalue weighted by Gasteiger charge is 2.38. The second kappa shape index (κ2) is 6.57. The number of fused-ring (bicyclic) bond motifs is 1. The third kappa shape index (κ3) is 3.12. The first-order chi connectivity index (χ1) is 10.7. The van der Waals surface area contributed by atoms with Crippen molar-refractivity contribution in [2.75, 3.05) is 0 Å². The first-order valence-electron chi connectivity index (χ1n) is 8.07. The molecule has 1 saturated carbocycles. The quantitative estimate of drug-likeness (QED) is 0.892. The summed E-state index contributed by atoms with van der Waals surface area (Å²) in [6.45, 7) is 1.74. The highest BCUT2D eigenvalue weighted by Crippen LogP contribution is 2.38. The number of aryl methyl sites for hydroxylation is 1. The molecule has 0 amide bonds. The van der Waals surface area contributed by atoms with Gasteiger partial charge >= 0.3 is 0 Å². The topological polar surface area (TPSA) is 51.0 Å². The van der Waals surface area contributed by atoms with Crippen molar-refractivity contribution < 1.29 is 8.91 Å². The lowest BCUT2D eigenvalue weighted by Crippen LogP contribution is -2.30. The van der Waals surface area contributed by atoms with Crippen LogP contribution in [0.3, 0.4) is 0 Å². The van der Waals surface area contributed by atoms with Crippen LogP contribution in [0, 0.1) is 18.7 Å². The van der Waals surface area contributed by atoms with Crippen molar-refractivity contribution in [2.45, 2.75) is 51.1 Å². The zero-order chi connectivity index (χ0) is 15.1. The van der Waals surface area contributed by atoms with Crippen molar-refractivity contribution in [3.63, 3.8) is 0 Å². The predicted molar refractivity (Wildman–Crippen MR) is 87.9 cm³/mol. The molecule has 23 heavy (non-hydrogen) atoms. The van der Waals surface area contributed by atoms with Gasteiger partial charge in [0.25, 0.3) is 0 Å². The molecular weight excluding hydrogens is 317 g/mol. The molecule has 2 heterocycles. The molecule has 0 spiro atoms. The molecule has 1 N–H and O–H groups in total. The van der Waals surface area contributed by atoms with Crippen molar-refractivity contribution >= 4 is 12.4 Å². The summed E-state index contributed by atoms with van der Waals surface area (Å²) in [5.41, 5.74) is 1.39. The summed E-state index contributed by atoms with van der Waals surface area (Å²) in [5, 5.41) is 7.71. The van der Waals surface area contributed by atoms with Gasteiger partial charge < -0.3 is 9.84 Å². The van der Waals surface area contributed by atoms with E-state index in [9.17, 15) is 4.39 Å². The molecule has 3 unspecified atom stereocenters. The summed E-state index contributed by atoms with van der Waals surface area (Å²) in [6.07, 6.45) is 6.27. The molecule has 1 aromatic heterocycles. The lowest BCUT2D eigenvalue weighted by atomic mass is 9.85. The molecule has 1 aromatic carbocycles. The number of nitrogens with zero attached hydrogens (tertiary/aromatic N) is 2. The Bertz CT molecular complexity index is 676. The van der Waals surface area contributed by atoms with Crippen molar-refractivity contribution in [3.05, 3.63) is 35.5 Å². The standard InChI is InChI=1S/C17H20FN3O.ClH/c1-10-8-12(6-7-13(10)18)16-20-17(22-21-16)15-9-11-4-2-3-5-14(11)19-15;/h6-8,11,14-15,19H,2-5,9H2,1H3;1H. The van der Waals surface area contributed by atoms with Gasteiger partial charge in [0.15, 0.2) is 0 Å².